The van der Waals surface area contributed by atoms with Crippen LogP contribution < -0.4 is 5.73 Å². The van der Waals surface area contributed by atoms with E-state index in [-0.39, 0.29) is 0 Å². The van der Waals surface area contributed by atoms with Crippen LogP contribution in [0.1, 0.15) is 47.0 Å². The summed E-state index contributed by atoms with van der Waals surface area (Å²) in [5, 5.41) is 0. The van der Waals surface area contributed by atoms with Crippen molar-refractivity contribution in [3.8, 4) is 0 Å². The summed E-state index contributed by atoms with van der Waals surface area (Å²) in [7, 11) is 0. The smallest absolute Gasteiger partial charge is 0.0110 e. The van der Waals surface area contributed by atoms with Crippen molar-refractivity contribution >= 4 is 0 Å². The van der Waals surface area contributed by atoms with E-state index in [0.29, 0.717) is 5.41 Å². The Bertz CT molecular complexity index is 230. The van der Waals surface area contributed by atoms with E-state index >= 15 is 0 Å². The van der Waals surface area contributed by atoms with E-state index < -0.39 is 0 Å². The first kappa shape index (κ1) is 16.9. The standard InChI is InChI=1S/C16H35N3/c1-15(2)13-19-11-9-18(10-12-19)8-6-5-7-16(3,4)14-17/h15H,5-14,17H2,1-4H3. The van der Waals surface area contributed by atoms with Crippen LogP contribution in [0.4, 0.5) is 0 Å². The number of hydrogen-bond donors (Lipinski definition) is 1. The zero-order valence-corrected chi connectivity index (χ0v) is 13.6. The second-order valence-electron chi connectivity index (χ2n) is 7.36. The van der Waals surface area contributed by atoms with Gasteiger partial charge in [0.1, 0.15) is 0 Å². The van der Waals surface area contributed by atoms with E-state index in [2.05, 4.69) is 37.5 Å². The molecule has 3 nitrogen and oxygen atoms in total. The number of unbranched alkanes of at least 4 members (excludes halogenated alkanes) is 1. The fourth-order valence-electron chi connectivity index (χ4n) is 2.75. The Hall–Kier alpha value is -0.120. The highest BCUT2D eigenvalue weighted by Crippen LogP contribution is 2.21. The van der Waals surface area contributed by atoms with Crippen molar-refractivity contribution in [1.29, 1.82) is 0 Å². The van der Waals surface area contributed by atoms with E-state index in [1.54, 1.807) is 0 Å². The van der Waals surface area contributed by atoms with Gasteiger partial charge in [-0.1, -0.05) is 34.1 Å². The summed E-state index contributed by atoms with van der Waals surface area (Å²) in [6.07, 6.45) is 3.90. The SMILES string of the molecule is CC(C)CN1CCN(CCCCC(C)(C)CN)CC1. The molecule has 1 fully saturated rings. The van der Waals surface area contributed by atoms with Gasteiger partial charge >= 0.3 is 0 Å². The fraction of sp³-hybridized carbons (Fsp3) is 1.00. The first-order chi connectivity index (χ1) is 8.93. The molecular formula is C16H35N3. The van der Waals surface area contributed by atoms with Gasteiger partial charge in [-0.2, -0.15) is 0 Å². The van der Waals surface area contributed by atoms with E-state index in [1.807, 2.05) is 0 Å². The Morgan fingerprint density at radius 1 is 1.00 bits per heavy atom. The molecule has 0 aliphatic carbocycles. The van der Waals surface area contributed by atoms with E-state index in [0.717, 1.165) is 12.5 Å². The van der Waals surface area contributed by atoms with E-state index in [9.17, 15) is 0 Å². The van der Waals surface area contributed by atoms with E-state index in [4.69, 9.17) is 5.73 Å². The molecule has 0 bridgehead atoms. The summed E-state index contributed by atoms with van der Waals surface area (Å²) < 4.78 is 0. The van der Waals surface area contributed by atoms with Crippen LogP contribution in [0.5, 0.6) is 0 Å². The Labute approximate surface area is 120 Å². The zero-order chi connectivity index (χ0) is 14.3. The Morgan fingerprint density at radius 2 is 1.58 bits per heavy atom. The third-order valence-corrected chi connectivity index (χ3v) is 4.22. The molecular weight excluding hydrogens is 234 g/mol. The molecule has 2 N–H and O–H groups in total. The molecule has 114 valence electrons. The van der Waals surface area contributed by atoms with Crippen molar-refractivity contribution in [2.75, 3.05) is 45.8 Å². The topological polar surface area (TPSA) is 32.5 Å². The molecule has 1 aliphatic heterocycles. The van der Waals surface area contributed by atoms with Crippen molar-refractivity contribution in [3.05, 3.63) is 0 Å². The summed E-state index contributed by atoms with van der Waals surface area (Å²) in [6.45, 7) is 17.5. The van der Waals surface area contributed by atoms with Crippen LogP contribution in [0.2, 0.25) is 0 Å². The lowest BCUT2D eigenvalue weighted by Gasteiger charge is -2.35. The van der Waals surface area contributed by atoms with Crippen LogP contribution in [0.15, 0.2) is 0 Å². The van der Waals surface area contributed by atoms with Gasteiger partial charge in [-0.3, -0.25) is 0 Å². The maximum Gasteiger partial charge on any atom is 0.0110 e. The third-order valence-electron chi connectivity index (χ3n) is 4.22. The molecule has 0 amide bonds. The second-order valence-corrected chi connectivity index (χ2v) is 7.36. The lowest BCUT2D eigenvalue weighted by Crippen LogP contribution is -2.47. The molecule has 3 heteroatoms. The summed E-state index contributed by atoms with van der Waals surface area (Å²) in [5.74, 6) is 0.796. The number of hydrogen-bond acceptors (Lipinski definition) is 3. The molecule has 19 heavy (non-hydrogen) atoms. The molecule has 0 saturated carbocycles. The third kappa shape index (κ3) is 7.28. The van der Waals surface area contributed by atoms with Crippen LogP contribution in [-0.4, -0.2) is 55.6 Å². The van der Waals surface area contributed by atoms with E-state index in [1.165, 1.54) is 58.5 Å². The predicted molar refractivity (Wildman–Crippen MR) is 84.4 cm³/mol. The van der Waals surface area contributed by atoms with Gasteiger partial charge in [0.2, 0.25) is 0 Å². The van der Waals surface area contributed by atoms with Crippen molar-refractivity contribution < 1.29 is 0 Å². The van der Waals surface area contributed by atoms with Gasteiger partial charge in [-0.25, -0.2) is 0 Å². The van der Waals surface area contributed by atoms with Crippen molar-refractivity contribution in [2.45, 2.75) is 47.0 Å². The Kier molecular flexibility index (Phi) is 7.33. The average molecular weight is 269 g/mol. The monoisotopic (exact) mass is 269 g/mol. The molecule has 0 atom stereocenters. The minimum atomic E-state index is 0.329. The van der Waals surface area contributed by atoms with Gasteiger partial charge in [0, 0.05) is 32.7 Å². The lowest BCUT2D eigenvalue weighted by atomic mass is 9.87. The van der Waals surface area contributed by atoms with Crippen LogP contribution in [0, 0.1) is 11.3 Å². The van der Waals surface area contributed by atoms with Gasteiger partial charge in [0.15, 0.2) is 0 Å². The highest BCUT2D eigenvalue weighted by Gasteiger charge is 2.18. The summed E-state index contributed by atoms with van der Waals surface area (Å²) >= 11 is 0. The first-order valence-corrected chi connectivity index (χ1v) is 8.08. The van der Waals surface area contributed by atoms with Crippen molar-refractivity contribution in [1.82, 2.24) is 9.80 Å². The molecule has 1 saturated heterocycles. The highest BCUT2D eigenvalue weighted by atomic mass is 15.3. The summed E-state index contributed by atoms with van der Waals surface area (Å²) in [6, 6.07) is 0. The van der Waals surface area contributed by atoms with Crippen LogP contribution in [-0.2, 0) is 0 Å². The summed E-state index contributed by atoms with van der Waals surface area (Å²) in [5.41, 5.74) is 6.10. The first-order valence-electron chi connectivity index (χ1n) is 8.08. The maximum atomic E-state index is 5.77. The largest absolute Gasteiger partial charge is 0.330 e. The number of nitrogens with zero attached hydrogens (tertiary/aromatic N) is 2. The lowest BCUT2D eigenvalue weighted by molar-refractivity contribution is 0.120. The predicted octanol–water partition coefficient (Wildman–Crippen LogP) is 2.42. The molecule has 0 aromatic heterocycles. The number of nitrogens with two attached hydrogens (primary N) is 1. The van der Waals surface area contributed by atoms with Crippen LogP contribution in [0.25, 0.3) is 0 Å². The Balaban J connectivity index is 2.07. The molecule has 0 spiro atoms. The maximum absolute atomic E-state index is 5.77. The quantitative estimate of drug-likeness (QED) is 0.687. The molecule has 1 aliphatic rings. The van der Waals surface area contributed by atoms with Crippen molar-refractivity contribution in [2.24, 2.45) is 17.1 Å². The minimum Gasteiger partial charge on any atom is -0.330 e. The number of piperazine rings is 1. The second kappa shape index (κ2) is 8.23. The number of rotatable bonds is 8. The molecule has 0 radical (unpaired) electrons. The van der Waals surface area contributed by atoms with Crippen LogP contribution in [0.3, 0.4) is 0 Å². The molecule has 1 heterocycles. The summed E-state index contributed by atoms with van der Waals surface area (Å²) in [4.78, 5) is 5.24. The average Bonchev–Trinajstić information content (AvgIpc) is 2.36. The fourth-order valence-corrected chi connectivity index (χ4v) is 2.75. The normalized spacial score (nSPS) is 19.3. The molecule has 0 aromatic carbocycles. The van der Waals surface area contributed by atoms with Gasteiger partial charge in [0.05, 0.1) is 0 Å². The van der Waals surface area contributed by atoms with Crippen LogP contribution >= 0.6 is 0 Å². The minimum absolute atomic E-state index is 0.329. The van der Waals surface area contributed by atoms with Crippen molar-refractivity contribution in [3.63, 3.8) is 0 Å². The van der Waals surface area contributed by atoms with Gasteiger partial charge in [0.25, 0.3) is 0 Å². The molecule has 0 aromatic rings. The van der Waals surface area contributed by atoms with Gasteiger partial charge < -0.3 is 15.5 Å². The highest BCUT2D eigenvalue weighted by molar-refractivity contribution is 4.74. The molecule has 1 rings (SSSR count). The zero-order valence-electron chi connectivity index (χ0n) is 13.6. The van der Waals surface area contributed by atoms with Gasteiger partial charge in [-0.15, -0.1) is 0 Å². The molecule has 0 unspecified atom stereocenters. The van der Waals surface area contributed by atoms with Gasteiger partial charge in [-0.05, 0) is 37.3 Å². The Morgan fingerprint density at radius 3 is 2.11 bits per heavy atom.